The number of benzene rings is 1. The molecule has 5 atom stereocenters. The van der Waals surface area contributed by atoms with Gasteiger partial charge in [-0.1, -0.05) is 46.3 Å². The Kier molecular flexibility index (Phi) is 5.39. The van der Waals surface area contributed by atoms with Crippen molar-refractivity contribution in [2.24, 2.45) is 5.92 Å². The van der Waals surface area contributed by atoms with Crippen LogP contribution in [-0.2, 0) is 14.2 Å². The number of methoxy groups -OCH3 is 1. The molecule has 1 saturated heterocycles. The highest BCUT2D eigenvalue weighted by Gasteiger charge is 2.56. The van der Waals surface area contributed by atoms with Crippen LogP contribution in [0.15, 0.2) is 42.5 Å². The third-order valence-corrected chi connectivity index (χ3v) is 5.37. The van der Waals surface area contributed by atoms with E-state index in [1.54, 1.807) is 24.3 Å². The maximum atomic E-state index is 12.5. The number of hydrogen-bond acceptors (Lipinski definition) is 5. The minimum atomic E-state index is -1.20. The smallest absolute Gasteiger partial charge is 0.338 e. The minimum absolute atomic E-state index is 0.281. The van der Waals surface area contributed by atoms with Gasteiger partial charge in [-0.25, -0.2) is 4.79 Å². The zero-order valence-electron chi connectivity index (χ0n) is 13.4. The fraction of sp³-hybridized carbons (Fsp3) is 0.500. The molecule has 6 heteroatoms. The van der Waals surface area contributed by atoms with Gasteiger partial charge in [0.25, 0.3) is 0 Å². The number of hydrogen-bond donors (Lipinski definition) is 1. The number of rotatable bonds is 4. The number of alkyl halides is 1. The monoisotopic (exact) mass is 396 g/mol. The molecule has 0 spiro atoms. The van der Waals surface area contributed by atoms with E-state index < -0.39 is 24.0 Å². The topological polar surface area (TPSA) is 65.0 Å². The van der Waals surface area contributed by atoms with Crippen LogP contribution in [0.2, 0.25) is 0 Å². The van der Waals surface area contributed by atoms with Gasteiger partial charge in [0.1, 0.15) is 17.8 Å². The van der Waals surface area contributed by atoms with Crippen LogP contribution in [0, 0.1) is 5.92 Å². The van der Waals surface area contributed by atoms with Crippen LogP contribution in [0.5, 0.6) is 0 Å². The van der Waals surface area contributed by atoms with Gasteiger partial charge in [-0.15, -0.1) is 0 Å². The molecular formula is C18H21BrO5. The molecule has 1 N–H and O–H groups in total. The molecule has 130 valence electrons. The average molecular weight is 397 g/mol. The van der Waals surface area contributed by atoms with Gasteiger partial charge >= 0.3 is 5.97 Å². The maximum absolute atomic E-state index is 12.5. The van der Waals surface area contributed by atoms with Crippen LogP contribution < -0.4 is 0 Å². The fourth-order valence-electron chi connectivity index (χ4n) is 3.48. The van der Waals surface area contributed by atoms with Gasteiger partial charge in [0.05, 0.1) is 5.56 Å². The zero-order chi connectivity index (χ0) is 17.2. The Balaban J connectivity index is 1.87. The third kappa shape index (κ3) is 3.16. The molecule has 1 aliphatic carbocycles. The number of aliphatic hydroxyl groups is 1. The number of allylic oxidation sites excluding steroid dienone is 1. The first-order chi connectivity index (χ1) is 11.6. The van der Waals surface area contributed by atoms with Crippen molar-refractivity contribution in [3.63, 3.8) is 0 Å². The summed E-state index contributed by atoms with van der Waals surface area (Å²) in [5.74, 6) is -0.695. The van der Waals surface area contributed by atoms with Crippen molar-refractivity contribution >= 4 is 21.9 Å². The van der Waals surface area contributed by atoms with E-state index in [0.29, 0.717) is 23.7 Å². The molecule has 0 bridgehead atoms. The Morgan fingerprint density at radius 1 is 1.38 bits per heavy atom. The van der Waals surface area contributed by atoms with Gasteiger partial charge in [0.15, 0.2) is 6.29 Å². The molecule has 1 heterocycles. The highest BCUT2D eigenvalue weighted by molar-refractivity contribution is 9.09. The van der Waals surface area contributed by atoms with Crippen molar-refractivity contribution in [1.29, 1.82) is 0 Å². The van der Waals surface area contributed by atoms with Crippen molar-refractivity contribution in [2.45, 2.75) is 36.9 Å². The number of ether oxygens (including phenoxy) is 3. The quantitative estimate of drug-likeness (QED) is 0.481. The number of halogens is 1. The van der Waals surface area contributed by atoms with Gasteiger partial charge in [-0.3, -0.25) is 0 Å². The second-order valence-electron chi connectivity index (χ2n) is 6.14. The van der Waals surface area contributed by atoms with Gasteiger partial charge in [-0.05, 0) is 25.0 Å². The molecule has 5 nitrogen and oxygen atoms in total. The van der Waals surface area contributed by atoms with Crippen LogP contribution in [-0.4, -0.2) is 47.6 Å². The lowest BCUT2D eigenvalue weighted by Gasteiger charge is -2.51. The summed E-state index contributed by atoms with van der Waals surface area (Å²) in [6, 6.07) is 8.84. The molecule has 0 unspecified atom stereocenters. The SMILES string of the molecule is CO[C@H]1O[C@H](CBr)[C@@H](OC(=O)c2ccccc2)[C@H]2CC=CC[C@]12O. The van der Waals surface area contributed by atoms with Crippen LogP contribution in [0.3, 0.4) is 0 Å². The molecule has 24 heavy (non-hydrogen) atoms. The molecular weight excluding hydrogens is 376 g/mol. The van der Waals surface area contributed by atoms with Crippen molar-refractivity contribution in [2.75, 3.05) is 12.4 Å². The van der Waals surface area contributed by atoms with Gasteiger partial charge in [-0.2, -0.15) is 0 Å². The highest BCUT2D eigenvalue weighted by Crippen LogP contribution is 2.44. The third-order valence-electron chi connectivity index (χ3n) is 4.73. The lowest BCUT2D eigenvalue weighted by molar-refractivity contribution is -0.315. The van der Waals surface area contributed by atoms with Crippen molar-refractivity contribution in [1.82, 2.24) is 0 Å². The van der Waals surface area contributed by atoms with E-state index in [0.717, 1.165) is 0 Å². The van der Waals surface area contributed by atoms with E-state index >= 15 is 0 Å². The number of fused-ring (bicyclic) bond motifs is 1. The second-order valence-corrected chi connectivity index (χ2v) is 6.79. The first-order valence-electron chi connectivity index (χ1n) is 7.97. The molecule has 0 radical (unpaired) electrons. The molecule has 0 aromatic heterocycles. The summed E-state index contributed by atoms with van der Waals surface area (Å²) in [5.41, 5.74) is -0.723. The summed E-state index contributed by atoms with van der Waals surface area (Å²) in [6.45, 7) is 0. The lowest BCUT2D eigenvalue weighted by atomic mass is 9.72. The van der Waals surface area contributed by atoms with Crippen LogP contribution in [0.25, 0.3) is 0 Å². The van der Waals surface area contributed by atoms with E-state index in [1.165, 1.54) is 7.11 Å². The highest BCUT2D eigenvalue weighted by atomic mass is 79.9. The number of carbonyl (C=O) groups is 1. The van der Waals surface area contributed by atoms with Crippen molar-refractivity contribution < 1.29 is 24.1 Å². The Labute approximate surface area is 149 Å². The summed E-state index contributed by atoms with van der Waals surface area (Å²) in [5, 5.41) is 11.6. The van der Waals surface area contributed by atoms with Crippen LogP contribution in [0.4, 0.5) is 0 Å². The molecule has 2 aliphatic rings. The molecule has 1 fully saturated rings. The van der Waals surface area contributed by atoms with Crippen LogP contribution >= 0.6 is 15.9 Å². The summed E-state index contributed by atoms with van der Waals surface area (Å²) in [6.07, 6.45) is 3.24. The molecule has 0 amide bonds. The van der Waals surface area contributed by atoms with Crippen molar-refractivity contribution in [3.8, 4) is 0 Å². The predicted molar refractivity (Wildman–Crippen MR) is 91.9 cm³/mol. The van der Waals surface area contributed by atoms with E-state index in [2.05, 4.69) is 15.9 Å². The molecule has 0 saturated carbocycles. The number of carbonyl (C=O) groups excluding carboxylic acids is 1. The first-order valence-corrected chi connectivity index (χ1v) is 9.10. The summed E-state index contributed by atoms with van der Waals surface area (Å²) in [4.78, 5) is 12.5. The Morgan fingerprint density at radius 2 is 2.12 bits per heavy atom. The largest absolute Gasteiger partial charge is 0.456 e. The van der Waals surface area contributed by atoms with E-state index in [4.69, 9.17) is 14.2 Å². The molecule has 1 aromatic carbocycles. The maximum Gasteiger partial charge on any atom is 0.338 e. The predicted octanol–water partition coefficient (Wildman–Crippen LogP) is 2.68. The van der Waals surface area contributed by atoms with E-state index in [1.807, 2.05) is 18.2 Å². The summed E-state index contributed by atoms with van der Waals surface area (Å²) >= 11 is 3.42. The standard InChI is InChI=1S/C18H21BrO5/c1-22-17-18(21)10-6-5-9-13(18)15(14(11-19)23-17)24-16(20)12-7-3-2-4-8-12/h2-8,13-15,17,21H,9-11H2,1H3/t13-,14-,15+,17+,18-/m1/s1. The van der Waals surface area contributed by atoms with Crippen molar-refractivity contribution in [3.05, 3.63) is 48.0 Å². The Bertz CT molecular complexity index is 605. The zero-order valence-corrected chi connectivity index (χ0v) is 15.0. The van der Waals surface area contributed by atoms with Crippen LogP contribution in [0.1, 0.15) is 23.2 Å². The minimum Gasteiger partial charge on any atom is -0.456 e. The van der Waals surface area contributed by atoms with E-state index in [-0.39, 0.29) is 12.0 Å². The summed E-state index contributed by atoms with van der Waals surface area (Å²) < 4.78 is 17.0. The van der Waals surface area contributed by atoms with Gasteiger partial charge in [0, 0.05) is 18.4 Å². The molecule has 3 rings (SSSR count). The van der Waals surface area contributed by atoms with Gasteiger partial charge < -0.3 is 19.3 Å². The summed E-state index contributed by atoms with van der Waals surface area (Å²) in [7, 11) is 1.51. The Hall–Kier alpha value is -1.21. The number of esters is 1. The Morgan fingerprint density at radius 3 is 2.79 bits per heavy atom. The van der Waals surface area contributed by atoms with E-state index in [9.17, 15) is 9.90 Å². The second kappa shape index (κ2) is 7.35. The lowest BCUT2D eigenvalue weighted by Crippen LogP contribution is -2.64. The first kappa shape index (κ1) is 17.6. The molecule has 1 aromatic rings. The average Bonchev–Trinajstić information content (AvgIpc) is 2.62. The molecule has 1 aliphatic heterocycles. The fourth-order valence-corrected chi connectivity index (χ4v) is 4.00. The van der Waals surface area contributed by atoms with Gasteiger partial charge in [0.2, 0.25) is 0 Å². The normalized spacial score (nSPS) is 35.3.